The summed E-state index contributed by atoms with van der Waals surface area (Å²) in [5.74, 6) is 0.230. The Bertz CT molecular complexity index is 742. The van der Waals surface area contributed by atoms with Crippen LogP contribution in [0.15, 0.2) is 48.5 Å². The van der Waals surface area contributed by atoms with Crippen molar-refractivity contribution in [2.24, 2.45) is 0 Å². The van der Waals surface area contributed by atoms with E-state index in [9.17, 15) is 9.59 Å². The van der Waals surface area contributed by atoms with E-state index in [0.29, 0.717) is 17.2 Å². The highest BCUT2D eigenvalue weighted by atomic mass is 16.5. The van der Waals surface area contributed by atoms with Gasteiger partial charge in [0.25, 0.3) is 0 Å². The van der Waals surface area contributed by atoms with Crippen molar-refractivity contribution in [1.82, 2.24) is 0 Å². The molecule has 5 nitrogen and oxygen atoms in total. The molecule has 1 heterocycles. The molecule has 1 fully saturated rings. The number of para-hydroxylation sites is 1. The molecular weight excluding hydrogens is 294 g/mol. The van der Waals surface area contributed by atoms with Crippen LogP contribution in [-0.2, 0) is 9.59 Å². The summed E-state index contributed by atoms with van der Waals surface area (Å²) in [6.45, 7) is 0. The monoisotopic (exact) mass is 311 g/mol. The van der Waals surface area contributed by atoms with Crippen LogP contribution < -0.4 is 14.4 Å². The Morgan fingerprint density at radius 3 is 2.30 bits per heavy atom. The minimum atomic E-state index is -0.498. The minimum Gasteiger partial charge on any atom is -0.493 e. The smallest absolute Gasteiger partial charge is 0.241 e. The Hall–Kier alpha value is -2.82. The summed E-state index contributed by atoms with van der Waals surface area (Å²) >= 11 is 0. The van der Waals surface area contributed by atoms with Gasteiger partial charge in [0.15, 0.2) is 11.5 Å². The molecule has 2 aromatic carbocycles. The van der Waals surface area contributed by atoms with E-state index in [-0.39, 0.29) is 18.2 Å². The van der Waals surface area contributed by atoms with Crippen LogP contribution in [0.4, 0.5) is 5.69 Å². The number of carbonyl (C=O) groups excluding carboxylic acids is 2. The molecule has 5 heteroatoms. The SMILES string of the molecule is COc1ccc(C2CC(=O)N(c3ccccc3)C2=O)cc1OC. The van der Waals surface area contributed by atoms with Crippen molar-refractivity contribution in [3.8, 4) is 11.5 Å². The predicted molar refractivity (Wildman–Crippen MR) is 85.8 cm³/mol. The maximum absolute atomic E-state index is 12.7. The van der Waals surface area contributed by atoms with E-state index in [1.54, 1.807) is 56.7 Å². The standard InChI is InChI=1S/C18H17NO4/c1-22-15-9-8-12(10-16(15)23-2)14-11-17(20)19(18(14)21)13-6-4-3-5-7-13/h3-10,14H,11H2,1-2H3. The molecule has 1 aliphatic rings. The highest BCUT2D eigenvalue weighted by Crippen LogP contribution is 2.37. The third-order valence-corrected chi connectivity index (χ3v) is 3.97. The van der Waals surface area contributed by atoms with Gasteiger partial charge in [-0.05, 0) is 29.8 Å². The topological polar surface area (TPSA) is 55.8 Å². The lowest BCUT2D eigenvalue weighted by molar-refractivity contribution is -0.121. The molecule has 3 rings (SSSR count). The third kappa shape index (κ3) is 2.65. The Morgan fingerprint density at radius 1 is 0.957 bits per heavy atom. The molecule has 0 aliphatic carbocycles. The number of carbonyl (C=O) groups is 2. The highest BCUT2D eigenvalue weighted by molar-refractivity contribution is 6.22. The largest absolute Gasteiger partial charge is 0.493 e. The van der Waals surface area contributed by atoms with Gasteiger partial charge >= 0.3 is 0 Å². The molecule has 0 spiro atoms. The first kappa shape index (κ1) is 15.1. The van der Waals surface area contributed by atoms with Gasteiger partial charge in [0.1, 0.15) is 0 Å². The molecule has 0 N–H and O–H groups in total. The van der Waals surface area contributed by atoms with Crippen LogP contribution in [0.25, 0.3) is 0 Å². The van der Waals surface area contributed by atoms with Crippen molar-refractivity contribution in [1.29, 1.82) is 0 Å². The number of anilines is 1. The molecule has 0 radical (unpaired) electrons. The van der Waals surface area contributed by atoms with E-state index < -0.39 is 5.92 Å². The second-order valence-corrected chi connectivity index (χ2v) is 5.27. The van der Waals surface area contributed by atoms with Crippen LogP contribution >= 0.6 is 0 Å². The number of hydrogen-bond donors (Lipinski definition) is 0. The van der Waals surface area contributed by atoms with Gasteiger partial charge in [-0.15, -0.1) is 0 Å². The summed E-state index contributed by atoms with van der Waals surface area (Å²) in [6.07, 6.45) is 0.156. The van der Waals surface area contributed by atoms with Crippen LogP contribution in [0.2, 0.25) is 0 Å². The number of ether oxygens (including phenoxy) is 2. The molecule has 1 saturated heterocycles. The van der Waals surface area contributed by atoms with Gasteiger partial charge < -0.3 is 9.47 Å². The van der Waals surface area contributed by atoms with Crippen LogP contribution in [0, 0.1) is 0 Å². The molecule has 23 heavy (non-hydrogen) atoms. The lowest BCUT2D eigenvalue weighted by Gasteiger charge is -2.16. The fourth-order valence-corrected chi connectivity index (χ4v) is 2.81. The van der Waals surface area contributed by atoms with E-state index in [0.717, 1.165) is 5.56 Å². The summed E-state index contributed by atoms with van der Waals surface area (Å²) in [5, 5.41) is 0. The lowest BCUT2D eigenvalue weighted by atomic mass is 9.97. The van der Waals surface area contributed by atoms with E-state index in [1.807, 2.05) is 6.07 Å². The number of hydrogen-bond acceptors (Lipinski definition) is 4. The van der Waals surface area contributed by atoms with E-state index in [1.165, 1.54) is 4.90 Å². The molecule has 0 saturated carbocycles. The number of imide groups is 1. The second kappa shape index (κ2) is 6.12. The summed E-state index contributed by atoms with van der Waals surface area (Å²) in [7, 11) is 3.10. The number of amides is 2. The molecule has 0 bridgehead atoms. The van der Waals surface area contributed by atoms with Crippen molar-refractivity contribution in [3.05, 3.63) is 54.1 Å². The van der Waals surface area contributed by atoms with Crippen molar-refractivity contribution in [2.75, 3.05) is 19.1 Å². The quantitative estimate of drug-likeness (QED) is 0.815. The maximum Gasteiger partial charge on any atom is 0.241 e. The van der Waals surface area contributed by atoms with Gasteiger partial charge in [0.05, 0.1) is 25.8 Å². The fourth-order valence-electron chi connectivity index (χ4n) is 2.81. The molecular formula is C18H17NO4. The normalized spacial score (nSPS) is 17.5. The summed E-state index contributed by atoms with van der Waals surface area (Å²) in [5.41, 5.74) is 1.35. The third-order valence-electron chi connectivity index (χ3n) is 3.97. The molecule has 1 unspecified atom stereocenters. The van der Waals surface area contributed by atoms with Crippen LogP contribution in [0.1, 0.15) is 17.9 Å². The Labute approximate surface area is 134 Å². The number of nitrogens with zero attached hydrogens (tertiary/aromatic N) is 1. The maximum atomic E-state index is 12.7. The second-order valence-electron chi connectivity index (χ2n) is 5.27. The zero-order valence-electron chi connectivity index (χ0n) is 13.0. The Balaban J connectivity index is 1.93. The first-order valence-electron chi connectivity index (χ1n) is 7.29. The van der Waals surface area contributed by atoms with E-state index >= 15 is 0 Å². The first-order valence-corrected chi connectivity index (χ1v) is 7.29. The van der Waals surface area contributed by atoms with Crippen LogP contribution in [0.3, 0.4) is 0 Å². The number of benzene rings is 2. The van der Waals surface area contributed by atoms with Crippen molar-refractivity contribution >= 4 is 17.5 Å². The van der Waals surface area contributed by atoms with E-state index in [4.69, 9.17) is 9.47 Å². The fraction of sp³-hybridized carbons (Fsp3) is 0.222. The average molecular weight is 311 g/mol. The molecule has 2 amide bonds. The summed E-state index contributed by atoms with van der Waals surface area (Å²) in [4.78, 5) is 26.3. The Kier molecular flexibility index (Phi) is 4.02. The van der Waals surface area contributed by atoms with Crippen molar-refractivity contribution in [3.63, 3.8) is 0 Å². The first-order chi connectivity index (χ1) is 11.2. The van der Waals surface area contributed by atoms with Crippen molar-refractivity contribution in [2.45, 2.75) is 12.3 Å². The van der Waals surface area contributed by atoms with Gasteiger partial charge in [-0.2, -0.15) is 0 Å². The van der Waals surface area contributed by atoms with Gasteiger partial charge in [-0.1, -0.05) is 24.3 Å². The predicted octanol–water partition coefficient (Wildman–Crippen LogP) is 2.75. The molecule has 2 aromatic rings. The highest BCUT2D eigenvalue weighted by Gasteiger charge is 2.40. The molecule has 118 valence electrons. The molecule has 1 aliphatic heterocycles. The zero-order valence-corrected chi connectivity index (χ0v) is 13.0. The molecule has 0 aromatic heterocycles. The Morgan fingerprint density at radius 2 is 1.65 bits per heavy atom. The van der Waals surface area contributed by atoms with Gasteiger partial charge in [-0.3, -0.25) is 14.5 Å². The molecule has 1 atom stereocenters. The summed E-state index contributed by atoms with van der Waals surface area (Å²) in [6, 6.07) is 14.3. The van der Waals surface area contributed by atoms with Gasteiger partial charge in [0, 0.05) is 6.42 Å². The summed E-state index contributed by atoms with van der Waals surface area (Å²) < 4.78 is 10.5. The van der Waals surface area contributed by atoms with Crippen LogP contribution in [0.5, 0.6) is 11.5 Å². The number of rotatable bonds is 4. The van der Waals surface area contributed by atoms with E-state index in [2.05, 4.69) is 0 Å². The number of methoxy groups -OCH3 is 2. The lowest BCUT2D eigenvalue weighted by Crippen LogP contribution is -2.29. The zero-order chi connectivity index (χ0) is 16.4. The average Bonchev–Trinajstić information content (AvgIpc) is 2.89. The van der Waals surface area contributed by atoms with Gasteiger partial charge in [0.2, 0.25) is 11.8 Å². The van der Waals surface area contributed by atoms with Gasteiger partial charge in [-0.25, -0.2) is 0 Å². The minimum absolute atomic E-state index is 0.156. The van der Waals surface area contributed by atoms with Crippen LogP contribution in [-0.4, -0.2) is 26.0 Å². The van der Waals surface area contributed by atoms with Crippen molar-refractivity contribution < 1.29 is 19.1 Å².